The number of rotatable bonds is 19. The molecule has 0 radical (unpaired) electrons. The van der Waals surface area contributed by atoms with Crippen molar-refractivity contribution in [3.63, 3.8) is 0 Å². The van der Waals surface area contributed by atoms with Crippen LogP contribution in [0.2, 0.25) is 0 Å². The molecule has 1 amide bonds. The number of hydrogen-bond donors (Lipinski definition) is 3. The van der Waals surface area contributed by atoms with Crippen molar-refractivity contribution in [2.24, 2.45) is 11.8 Å². The average molecular weight is 577 g/mol. The van der Waals surface area contributed by atoms with Crippen molar-refractivity contribution in [3.05, 3.63) is 70.3 Å². The van der Waals surface area contributed by atoms with Crippen LogP contribution >= 0.6 is 0 Å². The lowest BCUT2D eigenvalue weighted by Gasteiger charge is -2.22. The third-order valence-corrected chi connectivity index (χ3v) is 6.95. The Hall–Kier alpha value is -3.44. The summed E-state index contributed by atoms with van der Waals surface area (Å²) in [5, 5.41) is 33.5. The summed E-state index contributed by atoms with van der Waals surface area (Å²) in [4.78, 5) is 38.4. The zero-order chi connectivity index (χ0) is 29.9. The van der Waals surface area contributed by atoms with E-state index in [1.165, 1.54) is 0 Å². The predicted octanol–water partition coefficient (Wildman–Crippen LogP) is 4.30. The van der Waals surface area contributed by atoms with Crippen LogP contribution in [0.15, 0.2) is 54.6 Å². The summed E-state index contributed by atoms with van der Waals surface area (Å²) in [7, 11) is 0. The molecule has 0 bridgehead atoms. The molecule has 1 aromatic rings. The minimum Gasteiger partial charge on any atom is -0.434 e. The van der Waals surface area contributed by atoms with Gasteiger partial charge in [0.05, 0.1) is 25.4 Å². The molecule has 0 spiro atoms. The zero-order valence-corrected chi connectivity index (χ0v) is 23.8. The summed E-state index contributed by atoms with van der Waals surface area (Å²) in [5.41, 5.74) is 1.13. The Morgan fingerprint density at radius 2 is 1.93 bits per heavy atom. The molecular formula is C30H44N2O9. The van der Waals surface area contributed by atoms with Crippen molar-refractivity contribution in [2.45, 2.75) is 83.0 Å². The standard InChI is InChI=1S/C30H44N2O9/c1-2-31-29(35)15-9-4-3-8-14-25-26(19-18-24(33)17-16-23-12-6-5-7-13-23)28(22-27(25)34)41-30(36)39-20-10-11-21-40-32(37)38/h3,5-8,12-13,18-19,24-28,33-34H,2,4,9-11,14-17,20-22H2,1H3,(H,31,35)/t24-,25+,26+,27-,28+/m0/s1. The number of hydrogen-bond acceptors (Lipinski definition) is 9. The van der Waals surface area contributed by atoms with E-state index in [-0.39, 0.29) is 37.4 Å². The lowest BCUT2D eigenvalue weighted by Crippen LogP contribution is -2.25. The molecule has 11 heteroatoms. The maximum atomic E-state index is 12.3. The van der Waals surface area contributed by atoms with Crippen LogP contribution in [0.3, 0.4) is 0 Å². The highest BCUT2D eigenvalue weighted by Crippen LogP contribution is 2.38. The first kappa shape index (κ1) is 33.8. The van der Waals surface area contributed by atoms with Crippen LogP contribution in [-0.2, 0) is 25.5 Å². The van der Waals surface area contributed by atoms with Gasteiger partial charge in [-0.05, 0) is 63.4 Å². The Morgan fingerprint density at radius 1 is 1.17 bits per heavy atom. The zero-order valence-electron chi connectivity index (χ0n) is 23.8. The molecule has 5 atom stereocenters. The van der Waals surface area contributed by atoms with E-state index in [2.05, 4.69) is 10.2 Å². The minimum atomic E-state index is -0.873. The number of carbonyl (C=O) groups excluding carboxylic acids is 2. The van der Waals surface area contributed by atoms with Crippen LogP contribution in [0, 0.1) is 22.0 Å². The summed E-state index contributed by atoms with van der Waals surface area (Å²) in [6, 6.07) is 9.87. The van der Waals surface area contributed by atoms with Crippen molar-refractivity contribution in [1.29, 1.82) is 0 Å². The number of ether oxygens (including phenoxy) is 2. The topological polar surface area (TPSA) is 157 Å². The molecule has 0 aliphatic heterocycles. The van der Waals surface area contributed by atoms with E-state index in [1.54, 1.807) is 6.08 Å². The van der Waals surface area contributed by atoms with Gasteiger partial charge in [-0.3, -0.25) is 4.79 Å². The van der Waals surface area contributed by atoms with Gasteiger partial charge in [0.15, 0.2) is 0 Å². The van der Waals surface area contributed by atoms with E-state index >= 15 is 0 Å². The normalized spacial score (nSPS) is 21.1. The Labute approximate surface area is 241 Å². The SMILES string of the molecule is CCNC(=O)CCCC=CC[C@@H]1[C@@H](C=C[C@@H](O)CCc2ccccc2)[C@H](OC(=O)OCCCCO[N+](=O)[O-])C[C@@H]1O. The molecule has 11 nitrogen and oxygen atoms in total. The number of benzene rings is 1. The first-order chi connectivity index (χ1) is 19.8. The second-order valence-electron chi connectivity index (χ2n) is 10.1. The summed E-state index contributed by atoms with van der Waals surface area (Å²) in [6.45, 7) is 2.43. The summed E-state index contributed by atoms with van der Waals surface area (Å²) >= 11 is 0. The van der Waals surface area contributed by atoms with E-state index < -0.39 is 29.6 Å². The molecule has 1 saturated carbocycles. The van der Waals surface area contributed by atoms with Gasteiger partial charge in [0, 0.05) is 25.3 Å². The number of aryl methyl sites for hydroxylation is 1. The number of nitrogens with zero attached hydrogens (tertiary/aromatic N) is 1. The first-order valence-corrected chi connectivity index (χ1v) is 14.4. The fraction of sp³-hybridized carbons (Fsp3) is 0.600. The van der Waals surface area contributed by atoms with Crippen LogP contribution in [0.4, 0.5) is 4.79 Å². The van der Waals surface area contributed by atoms with Crippen LogP contribution in [0.1, 0.15) is 63.9 Å². The van der Waals surface area contributed by atoms with E-state index in [0.29, 0.717) is 45.1 Å². The Bertz CT molecular complexity index is 970. The van der Waals surface area contributed by atoms with E-state index in [9.17, 15) is 29.9 Å². The Kier molecular flexibility index (Phi) is 16.1. The maximum absolute atomic E-state index is 12.3. The lowest BCUT2D eigenvalue weighted by molar-refractivity contribution is -0.757. The van der Waals surface area contributed by atoms with Crippen molar-refractivity contribution in [1.82, 2.24) is 5.32 Å². The van der Waals surface area contributed by atoms with E-state index in [4.69, 9.17) is 9.47 Å². The highest BCUT2D eigenvalue weighted by Gasteiger charge is 2.43. The van der Waals surface area contributed by atoms with Crippen molar-refractivity contribution in [3.8, 4) is 0 Å². The molecule has 1 aromatic carbocycles. The third-order valence-electron chi connectivity index (χ3n) is 6.95. The Morgan fingerprint density at radius 3 is 2.66 bits per heavy atom. The number of unbranched alkanes of at least 4 members (excludes halogenated alkanes) is 2. The number of allylic oxidation sites excluding steroid dienone is 2. The van der Waals surface area contributed by atoms with Gasteiger partial charge in [-0.15, -0.1) is 10.1 Å². The van der Waals surface area contributed by atoms with Crippen LogP contribution < -0.4 is 5.32 Å². The molecule has 0 saturated heterocycles. The quantitative estimate of drug-likeness (QED) is 0.0718. The second kappa shape index (κ2) is 19.6. The number of aliphatic hydroxyl groups excluding tert-OH is 2. The lowest BCUT2D eigenvalue weighted by atomic mass is 9.89. The molecular weight excluding hydrogens is 532 g/mol. The molecule has 228 valence electrons. The van der Waals surface area contributed by atoms with E-state index in [1.807, 2.05) is 55.5 Å². The van der Waals surface area contributed by atoms with Gasteiger partial charge >= 0.3 is 6.16 Å². The molecule has 0 unspecified atom stereocenters. The monoisotopic (exact) mass is 576 g/mol. The first-order valence-electron chi connectivity index (χ1n) is 14.4. The van der Waals surface area contributed by atoms with Gasteiger partial charge in [-0.25, -0.2) is 4.79 Å². The van der Waals surface area contributed by atoms with Crippen molar-refractivity contribution >= 4 is 12.1 Å². The van der Waals surface area contributed by atoms with Gasteiger partial charge in [0.25, 0.3) is 5.09 Å². The van der Waals surface area contributed by atoms with Crippen LogP contribution in [0.5, 0.6) is 0 Å². The van der Waals surface area contributed by atoms with Crippen molar-refractivity contribution < 1.29 is 39.2 Å². The molecule has 0 heterocycles. The summed E-state index contributed by atoms with van der Waals surface area (Å²) in [6.07, 6.45) is 9.22. The highest BCUT2D eigenvalue weighted by atomic mass is 16.9. The molecule has 1 fully saturated rings. The molecule has 1 aliphatic rings. The number of nitrogens with one attached hydrogen (secondary N) is 1. The molecule has 0 aromatic heterocycles. The Balaban J connectivity index is 1.93. The van der Waals surface area contributed by atoms with Gasteiger partial charge in [-0.2, -0.15) is 0 Å². The molecule has 41 heavy (non-hydrogen) atoms. The largest absolute Gasteiger partial charge is 0.508 e. The molecule has 3 N–H and O–H groups in total. The van der Waals surface area contributed by atoms with Gasteiger partial charge in [0.1, 0.15) is 6.10 Å². The van der Waals surface area contributed by atoms with Crippen LogP contribution in [-0.4, -0.2) is 65.4 Å². The molecule has 1 aliphatic carbocycles. The van der Waals surface area contributed by atoms with Gasteiger partial charge in [-0.1, -0.05) is 54.6 Å². The van der Waals surface area contributed by atoms with Gasteiger partial charge in [0.2, 0.25) is 5.91 Å². The number of carbonyl (C=O) groups is 2. The summed E-state index contributed by atoms with van der Waals surface area (Å²) < 4.78 is 10.7. The second-order valence-corrected chi connectivity index (χ2v) is 10.1. The highest BCUT2D eigenvalue weighted by molar-refractivity contribution is 5.75. The van der Waals surface area contributed by atoms with Gasteiger partial charge < -0.3 is 29.8 Å². The number of amides is 1. The average Bonchev–Trinajstić information content (AvgIpc) is 3.23. The van der Waals surface area contributed by atoms with E-state index in [0.717, 1.165) is 18.4 Å². The fourth-order valence-electron chi connectivity index (χ4n) is 4.82. The number of aliphatic hydroxyl groups is 2. The fourth-order valence-corrected chi connectivity index (χ4v) is 4.82. The smallest absolute Gasteiger partial charge is 0.434 e. The third kappa shape index (κ3) is 14.1. The minimum absolute atomic E-state index is 0.0241. The molecule has 2 rings (SSSR count). The summed E-state index contributed by atoms with van der Waals surface area (Å²) in [5.74, 6) is -0.540. The van der Waals surface area contributed by atoms with Crippen molar-refractivity contribution in [2.75, 3.05) is 19.8 Å². The maximum Gasteiger partial charge on any atom is 0.508 e. The predicted molar refractivity (Wildman–Crippen MR) is 152 cm³/mol. The van der Waals surface area contributed by atoms with Crippen LogP contribution in [0.25, 0.3) is 0 Å².